The number of sulfonamides is 1. The molecule has 0 spiro atoms. The van der Waals surface area contributed by atoms with Crippen LogP contribution >= 0.6 is 0 Å². The molecule has 0 saturated heterocycles. The summed E-state index contributed by atoms with van der Waals surface area (Å²) in [6, 6.07) is 6.46. The number of ether oxygens (including phenoxy) is 1. The maximum atomic E-state index is 11.8. The standard InChI is InChI=1S/C12H16NO4S/c1-3-9-18(15,16)13-12(14)10-7-5-6-8-11(10)17-4-2/h5-8H,3-4,9H2,1-2H3. The molecule has 6 heteroatoms. The van der Waals surface area contributed by atoms with Gasteiger partial charge >= 0.3 is 0 Å². The van der Waals surface area contributed by atoms with Crippen LogP contribution < -0.4 is 9.46 Å². The van der Waals surface area contributed by atoms with Crippen LogP contribution in [0.4, 0.5) is 0 Å². The minimum absolute atomic E-state index is 0.129. The van der Waals surface area contributed by atoms with Gasteiger partial charge in [-0.05, 0) is 25.5 Å². The molecule has 0 fully saturated rings. The maximum absolute atomic E-state index is 11.8. The minimum atomic E-state index is -3.69. The first-order chi connectivity index (χ1) is 8.50. The Hall–Kier alpha value is -1.56. The molecule has 1 aromatic rings. The van der Waals surface area contributed by atoms with E-state index in [1.54, 1.807) is 32.0 Å². The van der Waals surface area contributed by atoms with Crippen LogP contribution in [-0.2, 0) is 10.0 Å². The normalized spacial score (nSPS) is 11.0. The van der Waals surface area contributed by atoms with E-state index in [4.69, 9.17) is 4.74 Å². The van der Waals surface area contributed by atoms with Crippen molar-refractivity contribution in [1.29, 1.82) is 0 Å². The zero-order valence-electron chi connectivity index (χ0n) is 10.4. The Morgan fingerprint density at radius 2 is 1.94 bits per heavy atom. The fourth-order valence-electron chi connectivity index (χ4n) is 1.40. The Morgan fingerprint density at radius 3 is 2.56 bits per heavy atom. The predicted molar refractivity (Wildman–Crippen MR) is 68.2 cm³/mol. The van der Waals surface area contributed by atoms with Crippen LogP contribution in [0.2, 0.25) is 0 Å². The second-order valence-corrected chi connectivity index (χ2v) is 5.37. The number of carbonyl (C=O) groups excluding carboxylic acids is 1. The maximum Gasteiger partial charge on any atom is 0.291 e. The van der Waals surface area contributed by atoms with E-state index in [-0.39, 0.29) is 11.3 Å². The summed E-state index contributed by atoms with van der Waals surface area (Å²) in [4.78, 5) is 11.8. The van der Waals surface area contributed by atoms with Crippen molar-refractivity contribution in [3.63, 3.8) is 0 Å². The summed E-state index contributed by atoms with van der Waals surface area (Å²) in [6.45, 7) is 3.89. The monoisotopic (exact) mass is 270 g/mol. The van der Waals surface area contributed by atoms with E-state index in [1.165, 1.54) is 6.07 Å². The molecule has 0 aromatic heterocycles. The Kier molecular flexibility index (Phi) is 5.15. The number of carbonyl (C=O) groups is 1. The number of para-hydroxylation sites is 1. The van der Waals surface area contributed by atoms with E-state index >= 15 is 0 Å². The van der Waals surface area contributed by atoms with Crippen molar-refractivity contribution in [2.75, 3.05) is 12.4 Å². The molecule has 0 N–H and O–H groups in total. The van der Waals surface area contributed by atoms with Crippen molar-refractivity contribution in [1.82, 2.24) is 4.72 Å². The number of rotatable bonds is 6. The molecule has 0 aliphatic rings. The number of nitrogens with zero attached hydrogens (tertiary/aromatic N) is 1. The second-order valence-electron chi connectivity index (χ2n) is 3.61. The van der Waals surface area contributed by atoms with Crippen molar-refractivity contribution in [2.45, 2.75) is 20.3 Å². The van der Waals surface area contributed by atoms with Gasteiger partial charge in [-0.25, -0.2) is 8.42 Å². The molecule has 0 unspecified atom stereocenters. The van der Waals surface area contributed by atoms with Gasteiger partial charge in [0.1, 0.15) is 5.75 Å². The topological polar surface area (TPSA) is 74.5 Å². The van der Waals surface area contributed by atoms with Gasteiger partial charge in [0.25, 0.3) is 15.9 Å². The van der Waals surface area contributed by atoms with E-state index < -0.39 is 15.9 Å². The average Bonchev–Trinajstić information content (AvgIpc) is 2.29. The first-order valence-electron chi connectivity index (χ1n) is 5.72. The van der Waals surface area contributed by atoms with Gasteiger partial charge in [-0.3, -0.25) is 4.79 Å². The molecule has 99 valence electrons. The molecule has 1 amide bonds. The van der Waals surface area contributed by atoms with Gasteiger partial charge in [-0.1, -0.05) is 19.1 Å². The number of amides is 1. The fourth-order valence-corrected chi connectivity index (χ4v) is 2.36. The highest BCUT2D eigenvalue weighted by atomic mass is 32.2. The Bertz CT molecular complexity index is 511. The molecule has 0 bridgehead atoms. The summed E-state index contributed by atoms with van der Waals surface area (Å²) in [5.41, 5.74) is 0.166. The zero-order valence-corrected chi connectivity index (χ0v) is 11.2. The van der Waals surface area contributed by atoms with Crippen LogP contribution in [0.1, 0.15) is 30.6 Å². The van der Waals surface area contributed by atoms with Crippen LogP contribution in [0.15, 0.2) is 24.3 Å². The van der Waals surface area contributed by atoms with Crippen molar-refractivity contribution < 1.29 is 17.9 Å². The predicted octanol–water partition coefficient (Wildman–Crippen LogP) is 1.57. The highest BCUT2D eigenvalue weighted by Gasteiger charge is 2.20. The van der Waals surface area contributed by atoms with E-state index in [0.717, 1.165) is 0 Å². The molecule has 0 atom stereocenters. The van der Waals surface area contributed by atoms with E-state index in [9.17, 15) is 13.2 Å². The third kappa shape index (κ3) is 4.03. The average molecular weight is 270 g/mol. The molecule has 1 rings (SSSR count). The zero-order chi connectivity index (χ0) is 13.6. The van der Waals surface area contributed by atoms with E-state index in [2.05, 4.69) is 4.72 Å². The Labute approximate surface area is 107 Å². The highest BCUT2D eigenvalue weighted by molar-refractivity contribution is 7.89. The summed E-state index contributed by atoms with van der Waals surface area (Å²) >= 11 is 0. The summed E-state index contributed by atoms with van der Waals surface area (Å²) in [7, 11) is -3.69. The van der Waals surface area contributed by atoms with E-state index in [1.807, 2.05) is 0 Å². The third-order valence-corrected chi connectivity index (χ3v) is 3.47. The van der Waals surface area contributed by atoms with E-state index in [0.29, 0.717) is 18.8 Å². The van der Waals surface area contributed by atoms with Crippen LogP contribution in [0.3, 0.4) is 0 Å². The minimum Gasteiger partial charge on any atom is -0.493 e. The molecule has 18 heavy (non-hydrogen) atoms. The van der Waals surface area contributed by atoms with Crippen LogP contribution in [0, 0.1) is 0 Å². The van der Waals surface area contributed by atoms with Gasteiger partial charge in [0.2, 0.25) is 0 Å². The lowest BCUT2D eigenvalue weighted by Crippen LogP contribution is -2.26. The van der Waals surface area contributed by atoms with Gasteiger partial charge in [-0.15, -0.1) is 4.72 Å². The molecule has 1 aromatic carbocycles. The van der Waals surface area contributed by atoms with Crippen molar-refractivity contribution >= 4 is 15.9 Å². The molecule has 0 saturated carbocycles. The molecule has 1 radical (unpaired) electrons. The molecule has 5 nitrogen and oxygen atoms in total. The third-order valence-electron chi connectivity index (χ3n) is 2.10. The molecule has 0 aliphatic carbocycles. The Balaban J connectivity index is 2.91. The van der Waals surface area contributed by atoms with Gasteiger partial charge < -0.3 is 4.74 Å². The largest absolute Gasteiger partial charge is 0.493 e. The molecule has 0 heterocycles. The summed E-state index contributed by atoms with van der Waals surface area (Å²) in [5.74, 6) is -0.567. The molecular formula is C12H16NO4S. The number of hydrogen-bond donors (Lipinski definition) is 0. The quantitative estimate of drug-likeness (QED) is 0.786. The van der Waals surface area contributed by atoms with Crippen LogP contribution in [0.25, 0.3) is 0 Å². The van der Waals surface area contributed by atoms with Crippen molar-refractivity contribution in [3.05, 3.63) is 29.8 Å². The first-order valence-corrected chi connectivity index (χ1v) is 7.33. The Morgan fingerprint density at radius 1 is 1.28 bits per heavy atom. The highest BCUT2D eigenvalue weighted by Crippen LogP contribution is 2.18. The lowest BCUT2D eigenvalue weighted by atomic mass is 10.2. The lowest BCUT2D eigenvalue weighted by molar-refractivity contribution is 0.0974. The van der Waals surface area contributed by atoms with Gasteiger partial charge in [-0.2, -0.15) is 0 Å². The molecular weight excluding hydrogens is 254 g/mol. The van der Waals surface area contributed by atoms with Crippen molar-refractivity contribution in [2.24, 2.45) is 0 Å². The summed E-state index contributed by atoms with van der Waals surface area (Å²) in [6.07, 6.45) is 0.423. The van der Waals surface area contributed by atoms with Gasteiger partial charge in [0, 0.05) is 0 Å². The number of hydrogen-bond acceptors (Lipinski definition) is 4. The van der Waals surface area contributed by atoms with Crippen LogP contribution in [-0.4, -0.2) is 26.7 Å². The van der Waals surface area contributed by atoms with Crippen molar-refractivity contribution in [3.8, 4) is 5.75 Å². The lowest BCUT2D eigenvalue weighted by Gasteiger charge is -2.08. The smallest absolute Gasteiger partial charge is 0.291 e. The summed E-state index contributed by atoms with van der Waals surface area (Å²) < 4.78 is 31.4. The van der Waals surface area contributed by atoms with Gasteiger partial charge in [0.05, 0.1) is 17.9 Å². The second kappa shape index (κ2) is 6.39. The fraction of sp³-hybridized carbons (Fsp3) is 0.417. The summed E-state index contributed by atoms with van der Waals surface area (Å²) in [5, 5.41) is 0. The first kappa shape index (κ1) is 14.5. The molecule has 0 aliphatic heterocycles. The van der Waals surface area contributed by atoms with Crippen LogP contribution in [0.5, 0.6) is 5.75 Å². The number of benzene rings is 1. The van der Waals surface area contributed by atoms with Gasteiger partial charge in [0.15, 0.2) is 0 Å². The SMILES string of the molecule is CCCS(=O)(=O)[N]C(=O)c1ccccc1OCC.